The summed E-state index contributed by atoms with van der Waals surface area (Å²) in [5.74, 6) is 4.71. The monoisotopic (exact) mass is 125 g/mol. The molecule has 0 unspecified atom stereocenters. The van der Waals surface area contributed by atoms with E-state index >= 15 is 0 Å². The second-order valence-electron chi connectivity index (χ2n) is 1.22. The molecule has 0 aromatic rings. The zero-order valence-electron chi connectivity index (χ0n) is 4.52. The highest BCUT2D eigenvalue weighted by Crippen LogP contribution is 1.82. The predicted octanol–water partition coefficient (Wildman–Crippen LogP) is 1.10. The molecule has 0 aliphatic rings. The summed E-state index contributed by atoms with van der Waals surface area (Å²) in [4.78, 5) is 4.28. The van der Waals surface area contributed by atoms with Crippen LogP contribution in [0.3, 0.4) is 0 Å². The number of hydrogen-bond donors (Lipinski definition) is 1. The first kappa shape index (κ1) is 10.2. The van der Waals surface area contributed by atoms with Crippen molar-refractivity contribution >= 4 is 12.4 Å². The van der Waals surface area contributed by atoms with Crippen LogP contribution in [0.2, 0.25) is 0 Å². The number of rotatable bonds is 3. The Morgan fingerprint density at radius 3 is 2.29 bits per heavy atom. The molecule has 0 aliphatic heterocycles. The van der Waals surface area contributed by atoms with Gasteiger partial charge in [0.2, 0.25) is 0 Å². The summed E-state index contributed by atoms with van der Waals surface area (Å²) in [5, 5.41) is 0. The molecule has 0 amide bonds. The van der Waals surface area contributed by atoms with Crippen molar-refractivity contribution in [2.75, 3.05) is 6.61 Å². The predicted molar refractivity (Wildman–Crippen MR) is 32.3 cm³/mol. The van der Waals surface area contributed by atoms with E-state index in [2.05, 4.69) is 11.8 Å². The molecule has 0 bridgehead atoms. The first-order valence-corrected chi connectivity index (χ1v) is 2.23. The summed E-state index contributed by atoms with van der Waals surface area (Å²) in [6.45, 7) is 2.79. The Morgan fingerprint density at radius 1 is 1.57 bits per heavy atom. The van der Waals surface area contributed by atoms with Crippen LogP contribution in [0.25, 0.3) is 0 Å². The average molecular weight is 126 g/mol. The Balaban J connectivity index is 0. The van der Waals surface area contributed by atoms with E-state index in [-0.39, 0.29) is 12.4 Å². The maximum Gasteiger partial charge on any atom is 0.0679 e. The van der Waals surface area contributed by atoms with E-state index in [1.165, 1.54) is 0 Å². The van der Waals surface area contributed by atoms with Gasteiger partial charge in [-0.2, -0.15) is 0 Å². The van der Waals surface area contributed by atoms with Crippen LogP contribution >= 0.6 is 12.4 Å². The van der Waals surface area contributed by atoms with Crippen LogP contribution in [-0.4, -0.2) is 6.61 Å². The molecular weight excluding hydrogens is 114 g/mol. The summed E-state index contributed by atoms with van der Waals surface area (Å²) in [7, 11) is 0. The van der Waals surface area contributed by atoms with Gasteiger partial charge in [0, 0.05) is 0 Å². The van der Waals surface area contributed by atoms with E-state index in [0.717, 1.165) is 12.8 Å². The van der Waals surface area contributed by atoms with Gasteiger partial charge in [-0.25, -0.2) is 5.90 Å². The fourth-order valence-corrected chi connectivity index (χ4v) is 0.228. The Kier molecular flexibility index (Phi) is 13.9. The third kappa shape index (κ3) is 10.7. The molecule has 0 heterocycles. The van der Waals surface area contributed by atoms with Crippen molar-refractivity contribution in [2.45, 2.75) is 19.8 Å². The molecule has 7 heavy (non-hydrogen) atoms. The quantitative estimate of drug-likeness (QED) is 0.453. The molecule has 0 fully saturated rings. The highest BCUT2D eigenvalue weighted by atomic mass is 35.5. The minimum atomic E-state index is 0. The lowest BCUT2D eigenvalue weighted by Crippen LogP contribution is -1.99. The molecule has 0 radical (unpaired) electrons. The van der Waals surface area contributed by atoms with Gasteiger partial charge in [-0.05, 0) is 6.42 Å². The van der Waals surface area contributed by atoms with Crippen LogP contribution < -0.4 is 5.90 Å². The zero-order valence-corrected chi connectivity index (χ0v) is 5.33. The Bertz CT molecular complexity index is 23.7. The fraction of sp³-hybridized carbons (Fsp3) is 1.00. The van der Waals surface area contributed by atoms with E-state index in [0.29, 0.717) is 6.61 Å². The van der Waals surface area contributed by atoms with Gasteiger partial charge in [-0.3, -0.25) is 0 Å². The van der Waals surface area contributed by atoms with Gasteiger partial charge >= 0.3 is 0 Å². The molecular formula is C4H12ClNO. The van der Waals surface area contributed by atoms with Crippen LogP contribution in [-0.2, 0) is 4.84 Å². The van der Waals surface area contributed by atoms with Crippen LogP contribution in [0.5, 0.6) is 0 Å². The normalized spacial score (nSPS) is 7.71. The van der Waals surface area contributed by atoms with Crippen LogP contribution in [0.15, 0.2) is 0 Å². The molecule has 0 spiro atoms. The van der Waals surface area contributed by atoms with Crippen LogP contribution in [0.4, 0.5) is 0 Å². The maximum atomic E-state index is 4.71. The van der Waals surface area contributed by atoms with Gasteiger partial charge in [0.25, 0.3) is 0 Å². The molecule has 0 atom stereocenters. The molecule has 0 saturated heterocycles. The number of unbranched alkanes of at least 4 members (excludes halogenated alkanes) is 1. The highest BCUT2D eigenvalue weighted by molar-refractivity contribution is 5.85. The van der Waals surface area contributed by atoms with E-state index in [1.807, 2.05) is 0 Å². The van der Waals surface area contributed by atoms with Crippen molar-refractivity contribution in [1.29, 1.82) is 0 Å². The molecule has 2 nitrogen and oxygen atoms in total. The molecule has 46 valence electrons. The smallest absolute Gasteiger partial charge is 0.0679 e. The average Bonchev–Trinajstić information content (AvgIpc) is 1.61. The van der Waals surface area contributed by atoms with Crippen molar-refractivity contribution < 1.29 is 4.84 Å². The Hall–Kier alpha value is 0.210. The van der Waals surface area contributed by atoms with E-state index in [1.54, 1.807) is 0 Å². The summed E-state index contributed by atoms with van der Waals surface area (Å²) in [5.41, 5.74) is 0. The topological polar surface area (TPSA) is 35.2 Å². The van der Waals surface area contributed by atoms with Crippen LogP contribution in [0, 0.1) is 0 Å². The van der Waals surface area contributed by atoms with Crippen molar-refractivity contribution in [2.24, 2.45) is 5.90 Å². The summed E-state index contributed by atoms with van der Waals surface area (Å²) < 4.78 is 0. The lowest BCUT2D eigenvalue weighted by atomic mass is 10.4. The van der Waals surface area contributed by atoms with Crippen molar-refractivity contribution in [3.63, 3.8) is 0 Å². The Labute approximate surface area is 50.4 Å². The minimum absolute atomic E-state index is 0. The molecule has 2 N–H and O–H groups in total. The van der Waals surface area contributed by atoms with Gasteiger partial charge < -0.3 is 4.84 Å². The lowest BCUT2D eigenvalue weighted by Gasteiger charge is -1.88. The SMILES string of the molecule is CCCCON.Cl. The standard InChI is InChI=1S/C4H11NO.ClH/c1-2-3-4-6-5;/h2-5H2,1H3;1H. The Morgan fingerprint density at radius 2 is 2.14 bits per heavy atom. The van der Waals surface area contributed by atoms with Gasteiger partial charge in [0.05, 0.1) is 6.61 Å². The van der Waals surface area contributed by atoms with Crippen molar-refractivity contribution in [3.8, 4) is 0 Å². The first-order valence-electron chi connectivity index (χ1n) is 2.23. The lowest BCUT2D eigenvalue weighted by molar-refractivity contribution is 0.135. The van der Waals surface area contributed by atoms with E-state index in [9.17, 15) is 0 Å². The summed E-state index contributed by atoms with van der Waals surface area (Å²) >= 11 is 0. The molecule has 0 rings (SSSR count). The number of halogens is 1. The highest BCUT2D eigenvalue weighted by Gasteiger charge is 1.75. The third-order valence-electron chi connectivity index (χ3n) is 0.616. The molecule has 3 heteroatoms. The fourth-order valence-electron chi connectivity index (χ4n) is 0.228. The van der Waals surface area contributed by atoms with Gasteiger partial charge in [0.1, 0.15) is 0 Å². The van der Waals surface area contributed by atoms with Gasteiger partial charge in [0.15, 0.2) is 0 Å². The van der Waals surface area contributed by atoms with Crippen molar-refractivity contribution in [3.05, 3.63) is 0 Å². The molecule has 0 aromatic heterocycles. The summed E-state index contributed by atoms with van der Waals surface area (Å²) in [6.07, 6.45) is 2.22. The largest absolute Gasteiger partial charge is 0.305 e. The van der Waals surface area contributed by atoms with Crippen LogP contribution in [0.1, 0.15) is 19.8 Å². The van der Waals surface area contributed by atoms with Gasteiger partial charge in [-0.1, -0.05) is 13.3 Å². The van der Waals surface area contributed by atoms with Crippen molar-refractivity contribution in [1.82, 2.24) is 0 Å². The maximum absolute atomic E-state index is 4.71. The second-order valence-corrected chi connectivity index (χ2v) is 1.22. The molecule has 0 aliphatic carbocycles. The van der Waals surface area contributed by atoms with E-state index < -0.39 is 0 Å². The number of hydrogen-bond acceptors (Lipinski definition) is 2. The minimum Gasteiger partial charge on any atom is -0.305 e. The number of nitrogens with two attached hydrogens (primary N) is 1. The van der Waals surface area contributed by atoms with E-state index in [4.69, 9.17) is 5.90 Å². The molecule has 0 saturated carbocycles. The molecule has 0 aromatic carbocycles. The zero-order chi connectivity index (χ0) is 4.83. The van der Waals surface area contributed by atoms with Gasteiger partial charge in [-0.15, -0.1) is 12.4 Å². The first-order chi connectivity index (χ1) is 2.91. The third-order valence-corrected chi connectivity index (χ3v) is 0.616. The summed E-state index contributed by atoms with van der Waals surface area (Å²) in [6, 6.07) is 0. The second kappa shape index (κ2) is 9.51.